The van der Waals surface area contributed by atoms with Gasteiger partial charge in [0, 0.05) is 43.8 Å². The Bertz CT molecular complexity index is 763. The van der Waals surface area contributed by atoms with E-state index in [1.807, 2.05) is 11.9 Å². The second-order valence-corrected chi connectivity index (χ2v) is 7.29. The lowest BCUT2D eigenvalue weighted by molar-refractivity contribution is -0.138. The van der Waals surface area contributed by atoms with Crippen LogP contribution in [0.5, 0.6) is 0 Å². The number of aromatic amines is 1. The van der Waals surface area contributed by atoms with Crippen molar-refractivity contribution in [2.75, 3.05) is 20.1 Å². The maximum atomic E-state index is 12.4. The molecule has 3 fully saturated rings. The van der Waals surface area contributed by atoms with E-state index in [-0.39, 0.29) is 5.92 Å². The zero-order chi connectivity index (χ0) is 16.1. The van der Waals surface area contributed by atoms with E-state index in [4.69, 9.17) is 0 Å². The highest BCUT2D eigenvalue weighted by Crippen LogP contribution is 2.30. The van der Waals surface area contributed by atoms with E-state index in [0.29, 0.717) is 11.9 Å². The number of carbonyl (C=O) groups is 1. The molecule has 4 heterocycles. The second-order valence-electron chi connectivity index (χ2n) is 7.29. The Labute approximate surface area is 137 Å². The molecule has 1 aromatic heterocycles. The van der Waals surface area contributed by atoms with Crippen LogP contribution in [0.1, 0.15) is 29.7 Å². The molecule has 1 N–H and O–H groups in total. The van der Waals surface area contributed by atoms with Gasteiger partial charge in [-0.1, -0.05) is 18.2 Å². The molecule has 0 saturated carbocycles. The van der Waals surface area contributed by atoms with E-state index >= 15 is 0 Å². The molecule has 0 unspecified atom stereocenters. The summed E-state index contributed by atoms with van der Waals surface area (Å²) in [4.78, 5) is 20.4. The highest BCUT2D eigenvalue weighted by Gasteiger charge is 2.38. The molecule has 2 aromatic rings. The lowest BCUT2D eigenvalue weighted by Gasteiger charge is -2.32. The summed E-state index contributed by atoms with van der Waals surface area (Å²) in [5.41, 5.74) is 5.19. The minimum atomic E-state index is 0.185. The van der Waals surface area contributed by atoms with Gasteiger partial charge < -0.3 is 9.88 Å². The average molecular weight is 311 g/mol. The van der Waals surface area contributed by atoms with Crippen LogP contribution in [0, 0.1) is 19.8 Å². The minimum absolute atomic E-state index is 0.185. The number of hydrogen-bond donors (Lipinski definition) is 1. The summed E-state index contributed by atoms with van der Waals surface area (Å²) in [6.45, 7) is 7.13. The summed E-state index contributed by atoms with van der Waals surface area (Å²) < 4.78 is 0. The molecule has 5 rings (SSSR count). The molecular weight excluding hydrogens is 286 g/mol. The molecule has 0 radical (unpaired) electrons. The molecule has 1 aromatic carbocycles. The number of amides is 1. The third kappa shape index (κ3) is 2.36. The van der Waals surface area contributed by atoms with Gasteiger partial charge in [0.15, 0.2) is 0 Å². The van der Waals surface area contributed by atoms with Crippen molar-refractivity contribution in [1.82, 2.24) is 14.8 Å². The van der Waals surface area contributed by atoms with Gasteiger partial charge in [0.2, 0.25) is 5.91 Å². The maximum absolute atomic E-state index is 12.4. The Morgan fingerprint density at radius 3 is 2.87 bits per heavy atom. The first kappa shape index (κ1) is 14.8. The first-order valence-corrected chi connectivity index (χ1v) is 8.60. The quantitative estimate of drug-likeness (QED) is 0.926. The third-order valence-electron chi connectivity index (χ3n) is 5.86. The molecule has 3 aliphatic heterocycles. The zero-order valence-corrected chi connectivity index (χ0v) is 14.2. The normalized spacial score (nSPS) is 25.3. The van der Waals surface area contributed by atoms with Crippen LogP contribution in [0.15, 0.2) is 18.2 Å². The van der Waals surface area contributed by atoms with Gasteiger partial charge in [-0.15, -0.1) is 0 Å². The van der Waals surface area contributed by atoms with Gasteiger partial charge in [0.25, 0.3) is 0 Å². The third-order valence-corrected chi connectivity index (χ3v) is 5.86. The van der Waals surface area contributed by atoms with Gasteiger partial charge >= 0.3 is 0 Å². The van der Waals surface area contributed by atoms with Gasteiger partial charge in [-0.2, -0.15) is 0 Å². The number of carbonyl (C=O) groups excluding carboxylic acids is 1. The van der Waals surface area contributed by atoms with E-state index in [1.54, 1.807) is 0 Å². The largest absolute Gasteiger partial charge is 0.358 e. The minimum Gasteiger partial charge on any atom is -0.358 e. The number of H-pyrrole nitrogens is 1. The van der Waals surface area contributed by atoms with E-state index in [9.17, 15) is 4.79 Å². The molecule has 0 aliphatic carbocycles. The lowest BCUT2D eigenvalue weighted by Crippen LogP contribution is -2.45. The zero-order valence-electron chi connectivity index (χ0n) is 14.2. The lowest BCUT2D eigenvalue weighted by atomic mass is 9.95. The van der Waals surface area contributed by atoms with Gasteiger partial charge in [0.05, 0.1) is 11.4 Å². The van der Waals surface area contributed by atoms with Gasteiger partial charge in [-0.05, 0) is 37.8 Å². The first-order valence-electron chi connectivity index (χ1n) is 8.60. The number of para-hydroxylation sites is 1. The first-order chi connectivity index (χ1) is 11.0. The topological polar surface area (TPSA) is 39.3 Å². The summed E-state index contributed by atoms with van der Waals surface area (Å²) in [6, 6.07) is 6.95. The molecule has 3 aliphatic rings. The molecule has 4 heteroatoms. The Kier molecular flexibility index (Phi) is 3.45. The van der Waals surface area contributed by atoms with Gasteiger partial charge in [-0.3, -0.25) is 9.69 Å². The number of rotatable bonds is 2. The van der Waals surface area contributed by atoms with Crippen molar-refractivity contribution in [1.29, 1.82) is 0 Å². The van der Waals surface area contributed by atoms with Gasteiger partial charge in [-0.25, -0.2) is 0 Å². The van der Waals surface area contributed by atoms with Crippen LogP contribution >= 0.6 is 0 Å². The van der Waals surface area contributed by atoms with Crippen molar-refractivity contribution >= 4 is 16.8 Å². The number of aryl methyl sites for hydroxylation is 2. The van der Waals surface area contributed by atoms with Crippen molar-refractivity contribution in [3.05, 3.63) is 35.0 Å². The standard InChI is InChI=1S/C19H25N3O/c1-12-13(2)20-18-14(5-4-6-17(12)18)9-22-10-15-7-8-16(11-22)21(3)19(15)23/h4-6,15-16,20H,7-11H2,1-3H3/t15-,16+/m1/s1. The van der Waals surface area contributed by atoms with Crippen LogP contribution in [0.4, 0.5) is 0 Å². The summed E-state index contributed by atoms with van der Waals surface area (Å²) in [7, 11) is 1.97. The van der Waals surface area contributed by atoms with Crippen molar-refractivity contribution in [2.45, 2.75) is 39.3 Å². The number of fused-ring (bicyclic) bond motifs is 5. The maximum Gasteiger partial charge on any atom is 0.227 e. The molecule has 3 saturated heterocycles. The summed E-state index contributed by atoms with van der Waals surface area (Å²) in [5, 5.41) is 1.32. The molecule has 0 spiro atoms. The molecular formula is C19H25N3O. The van der Waals surface area contributed by atoms with Crippen molar-refractivity contribution in [3.8, 4) is 0 Å². The monoisotopic (exact) mass is 311 g/mol. The molecule has 2 bridgehead atoms. The Morgan fingerprint density at radius 1 is 1.22 bits per heavy atom. The molecule has 23 heavy (non-hydrogen) atoms. The number of likely N-dealkylation sites (N-methyl/N-ethyl adjacent to an activating group) is 1. The molecule has 4 nitrogen and oxygen atoms in total. The van der Waals surface area contributed by atoms with Crippen LogP contribution in [0.2, 0.25) is 0 Å². The second kappa shape index (κ2) is 5.38. The van der Waals surface area contributed by atoms with Crippen molar-refractivity contribution < 1.29 is 4.79 Å². The fourth-order valence-electron chi connectivity index (χ4n) is 4.29. The summed E-state index contributed by atoms with van der Waals surface area (Å²) in [5.74, 6) is 0.526. The highest BCUT2D eigenvalue weighted by atomic mass is 16.2. The number of hydrogen-bond acceptors (Lipinski definition) is 2. The van der Waals surface area contributed by atoms with Crippen LogP contribution < -0.4 is 0 Å². The highest BCUT2D eigenvalue weighted by molar-refractivity contribution is 5.87. The molecule has 2 atom stereocenters. The van der Waals surface area contributed by atoms with Crippen LogP contribution in [-0.2, 0) is 11.3 Å². The summed E-state index contributed by atoms with van der Waals surface area (Å²) in [6.07, 6.45) is 2.20. The molecule has 122 valence electrons. The van der Waals surface area contributed by atoms with E-state index < -0.39 is 0 Å². The average Bonchev–Trinajstić information content (AvgIpc) is 2.69. The van der Waals surface area contributed by atoms with Gasteiger partial charge in [0.1, 0.15) is 0 Å². The smallest absolute Gasteiger partial charge is 0.227 e. The number of piperidine rings is 1. The fourth-order valence-corrected chi connectivity index (χ4v) is 4.29. The van der Waals surface area contributed by atoms with Crippen molar-refractivity contribution in [3.63, 3.8) is 0 Å². The predicted octanol–water partition coefficient (Wildman–Crippen LogP) is 2.84. The Hall–Kier alpha value is -1.81. The van der Waals surface area contributed by atoms with Crippen LogP contribution in [0.3, 0.4) is 0 Å². The SMILES string of the molecule is Cc1[nH]c2c(CN3C[C@H]4CC[C@@H](C3)N(C)C4=O)cccc2c1C. The number of nitrogens with one attached hydrogen (secondary N) is 1. The van der Waals surface area contributed by atoms with E-state index in [1.165, 1.54) is 27.7 Å². The Morgan fingerprint density at radius 2 is 2.04 bits per heavy atom. The van der Waals surface area contributed by atoms with E-state index in [0.717, 1.165) is 32.5 Å². The van der Waals surface area contributed by atoms with Crippen molar-refractivity contribution in [2.24, 2.45) is 5.92 Å². The summed E-state index contributed by atoms with van der Waals surface area (Å²) >= 11 is 0. The predicted molar refractivity (Wildman–Crippen MR) is 92.3 cm³/mol. The fraction of sp³-hybridized carbons (Fsp3) is 0.526. The number of aromatic nitrogens is 1. The Balaban J connectivity index is 1.64. The van der Waals surface area contributed by atoms with Crippen LogP contribution in [0.25, 0.3) is 10.9 Å². The molecule has 1 amide bonds. The number of nitrogens with zero attached hydrogens (tertiary/aromatic N) is 2. The number of benzene rings is 1. The van der Waals surface area contributed by atoms with E-state index in [2.05, 4.69) is 41.9 Å². The van der Waals surface area contributed by atoms with Crippen LogP contribution in [-0.4, -0.2) is 46.9 Å².